The van der Waals surface area contributed by atoms with Crippen molar-refractivity contribution in [1.29, 1.82) is 0 Å². The Labute approximate surface area is 113 Å². The van der Waals surface area contributed by atoms with Gasteiger partial charge in [0.25, 0.3) is 0 Å². The summed E-state index contributed by atoms with van der Waals surface area (Å²) in [5.74, 6) is -2.27. The van der Waals surface area contributed by atoms with Gasteiger partial charge in [-0.3, -0.25) is 4.79 Å². The first-order chi connectivity index (χ1) is 9.31. The number of aryl methyl sites for hydroxylation is 1. The van der Waals surface area contributed by atoms with Gasteiger partial charge in [-0.2, -0.15) is 0 Å². The summed E-state index contributed by atoms with van der Waals surface area (Å²) in [5, 5.41) is 29.3. The van der Waals surface area contributed by atoms with E-state index in [9.17, 15) is 14.4 Å². The lowest BCUT2D eigenvalue weighted by Crippen LogP contribution is -2.47. The van der Waals surface area contributed by atoms with Crippen LogP contribution >= 0.6 is 0 Å². The highest BCUT2D eigenvalue weighted by atomic mass is 16.4. The number of aliphatic carboxylic acids is 2. The quantitative estimate of drug-likeness (QED) is 0.529. The molecule has 0 aliphatic rings. The van der Waals surface area contributed by atoms with Crippen molar-refractivity contribution < 1.29 is 24.6 Å². The second-order valence-corrected chi connectivity index (χ2v) is 4.13. The SMILES string of the molecule is CC(NC(=O)NC(CC(=O)O)C(=O)O)c1nncn1C. The van der Waals surface area contributed by atoms with Crippen LogP contribution in [0.3, 0.4) is 0 Å². The number of urea groups is 1. The van der Waals surface area contributed by atoms with E-state index in [0.717, 1.165) is 0 Å². The van der Waals surface area contributed by atoms with Crippen molar-refractivity contribution in [2.45, 2.75) is 25.4 Å². The van der Waals surface area contributed by atoms with Crippen molar-refractivity contribution in [2.75, 3.05) is 0 Å². The second-order valence-electron chi connectivity index (χ2n) is 4.13. The Bertz CT molecular complexity index is 514. The predicted molar refractivity (Wildman–Crippen MR) is 64.8 cm³/mol. The summed E-state index contributed by atoms with van der Waals surface area (Å²) >= 11 is 0. The number of aromatic nitrogens is 3. The minimum Gasteiger partial charge on any atom is -0.481 e. The van der Waals surface area contributed by atoms with Gasteiger partial charge in [0, 0.05) is 7.05 Å². The number of amides is 2. The van der Waals surface area contributed by atoms with Gasteiger partial charge >= 0.3 is 18.0 Å². The van der Waals surface area contributed by atoms with E-state index in [1.807, 2.05) is 0 Å². The van der Waals surface area contributed by atoms with E-state index in [2.05, 4.69) is 20.8 Å². The zero-order valence-electron chi connectivity index (χ0n) is 10.9. The van der Waals surface area contributed by atoms with E-state index < -0.39 is 36.5 Å². The van der Waals surface area contributed by atoms with E-state index in [1.54, 1.807) is 18.5 Å². The van der Waals surface area contributed by atoms with Crippen molar-refractivity contribution in [1.82, 2.24) is 25.4 Å². The molecule has 0 spiro atoms. The number of carbonyl (C=O) groups excluding carboxylic acids is 1. The number of nitrogens with zero attached hydrogens (tertiary/aromatic N) is 3. The van der Waals surface area contributed by atoms with E-state index in [1.165, 1.54) is 6.33 Å². The van der Waals surface area contributed by atoms with Gasteiger partial charge in [-0.25, -0.2) is 9.59 Å². The number of carbonyl (C=O) groups is 3. The van der Waals surface area contributed by atoms with Crippen LogP contribution in [0.2, 0.25) is 0 Å². The van der Waals surface area contributed by atoms with Gasteiger partial charge in [0.15, 0.2) is 5.82 Å². The van der Waals surface area contributed by atoms with Gasteiger partial charge in [-0.05, 0) is 6.92 Å². The van der Waals surface area contributed by atoms with Gasteiger partial charge in [0.1, 0.15) is 12.4 Å². The Morgan fingerprint density at radius 3 is 2.45 bits per heavy atom. The number of carboxylic acid groups (broad SMARTS) is 2. The summed E-state index contributed by atoms with van der Waals surface area (Å²) < 4.78 is 1.59. The third-order valence-electron chi connectivity index (χ3n) is 2.46. The average molecular weight is 285 g/mol. The highest BCUT2D eigenvalue weighted by Gasteiger charge is 2.24. The van der Waals surface area contributed by atoms with E-state index >= 15 is 0 Å². The summed E-state index contributed by atoms with van der Waals surface area (Å²) in [6, 6.07) is -2.81. The van der Waals surface area contributed by atoms with E-state index in [4.69, 9.17) is 10.2 Å². The molecule has 4 N–H and O–H groups in total. The van der Waals surface area contributed by atoms with Gasteiger partial charge in [-0.1, -0.05) is 0 Å². The van der Waals surface area contributed by atoms with Crippen molar-refractivity contribution in [3.05, 3.63) is 12.2 Å². The summed E-state index contributed by atoms with van der Waals surface area (Å²) in [6.07, 6.45) is 0.747. The van der Waals surface area contributed by atoms with Gasteiger partial charge in [0.05, 0.1) is 12.5 Å². The zero-order valence-corrected chi connectivity index (χ0v) is 10.9. The first-order valence-electron chi connectivity index (χ1n) is 5.66. The Hall–Kier alpha value is -2.65. The topological polar surface area (TPSA) is 146 Å². The molecule has 0 fully saturated rings. The molecule has 2 atom stereocenters. The van der Waals surface area contributed by atoms with Crippen LogP contribution in [0.5, 0.6) is 0 Å². The number of hydrogen-bond donors (Lipinski definition) is 4. The molecule has 0 radical (unpaired) electrons. The summed E-state index contributed by atoms with van der Waals surface area (Å²) in [4.78, 5) is 32.9. The second kappa shape index (κ2) is 6.50. The molecule has 0 aromatic carbocycles. The molecule has 0 aliphatic heterocycles. The van der Waals surface area contributed by atoms with Crippen molar-refractivity contribution in [3.63, 3.8) is 0 Å². The molecule has 110 valence electrons. The van der Waals surface area contributed by atoms with E-state index in [-0.39, 0.29) is 0 Å². The Morgan fingerprint density at radius 1 is 1.35 bits per heavy atom. The van der Waals surface area contributed by atoms with Crippen LogP contribution < -0.4 is 10.6 Å². The molecule has 1 rings (SSSR count). The molecule has 10 heteroatoms. The standard InChI is InChI=1S/C10H15N5O5/c1-5(8-14-11-4-15(8)2)12-10(20)13-6(9(18)19)3-7(16)17/h4-6H,3H2,1-2H3,(H,16,17)(H,18,19)(H2,12,13,20). The third kappa shape index (κ3) is 4.23. The normalized spacial score (nSPS) is 13.3. The van der Waals surface area contributed by atoms with Crippen LogP contribution in [0.25, 0.3) is 0 Å². The lowest BCUT2D eigenvalue weighted by atomic mass is 10.2. The lowest BCUT2D eigenvalue weighted by molar-refractivity contribution is -0.145. The molecule has 20 heavy (non-hydrogen) atoms. The molecule has 2 amide bonds. The molecule has 0 bridgehead atoms. The zero-order chi connectivity index (χ0) is 15.3. The monoisotopic (exact) mass is 285 g/mol. The van der Waals surface area contributed by atoms with Crippen LogP contribution in [-0.4, -0.2) is 49.0 Å². The molecular weight excluding hydrogens is 270 g/mol. The smallest absolute Gasteiger partial charge is 0.326 e. The maximum Gasteiger partial charge on any atom is 0.326 e. The average Bonchev–Trinajstić information content (AvgIpc) is 2.73. The van der Waals surface area contributed by atoms with Crippen LogP contribution in [0.1, 0.15) is 25.2 Å². The molecule has 1 aromatic heterocycles. The first kappa shape index (κ1) is 15.4. The van der Waals surface area contributed by atoms with Crippen molar-refractivity contribution >= 4 is 18.0 Å². The highest BCUT2D eigenvalue weighted by Crippen LogP contribution is 2.06. The van der Waals surface area contributed by atoms with Crippen molar-refractivity contribution in [3.8, 4) is 0 Å². The van der Waals surface area contributed by atoms with Crippen LogP contribution in [0.15, 0.2) is 6.33 Å². The minimum atomic E-state index is -1.50. The molecule has 1 heterocycles. The van der Waals surface area contributed by atoms with Crippen LogP contribution in [0.4, 0.5) is 4.79 Å². The first-order valence-corrected chi connectivity index (χ1v) is 5.66. The number of hydrogen-bond acceptors (Lipinski definition) is 5. The molecule has 0 saturated carbocycles. The lowest BCUT2D eigenvalue weighted by Gasteiger charge is -2.16. The molecule has 2 unspecified atom stereocenters. The summed E-state index contributed by atoms with van der Waals surface area (Å²) in [7, 11) is 1.69. The van der Waals surface area contributed by atoms with Crippen LogP contribution in [0, 0.1) is 0 Å². The fraction of sp³-hybridized carbons (Fsp3) is 0.500. The van der Waals surface area contributed by atoms with Crippen molar-refractivity contribution in [2.24, 2.45) is 7.05 Å². The Morgan fingerprint density at radius 2 is 2.00 bits per heavy atom. The van der Waals surface area contributed by atoms with Gasteiger partial charge in [-0.15, -0.1) is 10.2 Å². The fourth-order valence-electron chi connectivity index (χ4n) is 1.52. The maximum atomic E-state index is 11.6. The van der Waals surface area contributed by atoms with Gasteiger partial charge < -0.3 is 25.4 Å². The van der Waals surface area contributed by atoms with E-state index in [0.29, 0.717) is 5.82 Å². The van der Waals surface area contributed by atoms with Gasteiger partial charge in [0.2, 0.25) is 0 Å². The Balaban J connectivity index is 2.60. The highest BCUT2D eigenvalue weighted by molar-refractivity contribution is 5.86. The predicted octanol–water partition coefficient (Wildman–Crippen LogP) is -0.897. The number of nitrogens with one attached hydrogen (secondary N) is 2. The molecule has 0 saturated heterocycles. The summed E-state index contributed by atoms with van der Waals surface area (Å²) in [6.45, 7) is 1.64. The third-order valence-corrected chi connectivity index (χ3v) is 2.46. The molecule has 10 nitrogen and oxygen atoms in total. The summed E-state index contributed by atoms with van der Waals surface area (Å²) in [5.41, 5.74) is 0. The fourth-order valence-corrected chi connectivity index (χ4v) is 1.52. The number of carboxylic acids is 2. The maximum absolute atomic E-state index is 11.6. The molecule has 0 aliphatic carbocycles. The Kier molecular flexibility index (Phi) is 5.01. The molecular formula is C10H15N5O5. The van der Waals surface area contributed by atoms with Crippen LogP contribution in [-0.2, 0) is 16.6 Å². The minimum absolute atomic E-state index is 0.477. The molecule has 1 aromatic rings. The number of rotatable bonds is 6. The largest absolute Gasteiger partial charge is 0.481 e.